The van der Waals surface area contributed by atoms with E-state index in [0.717, 1.165) is 5.56 Å². The van der Waals surface area contributed by atoms with Crippen molar-refractivity contribution in [2.45, 2.75) is 12.5 Å². The topological polar surface area (TPSA) is 78.4 Å². The average molecular weight is 284 g/mol. The molecule has 21 heavy (non-hydrogen) atoms. The predicted molar refractivity (Wildman–Crippen MR) is 78.6 cm³/mol. The number of hydrogen-bond donors (Lipinski definition) is 3. The summed E-state index contributed by atoms with van der Waals surface area (Å²) in [7, 11) is 0. The van der Waals surface area contributed by atoms with Gasteiger partial charge in [-0.15, -0.1) is 0 Å². The number of amides is 1. The quantitative estimate of drug-likeness (QED) is 0.704. The van der Waals surface area contributed by atoms with Crippen molar-refractivity contribution in [3.8, 4) is 0 Å². The van der Waals surface area contributed by atoms with Gasteiger partial charge < -0.3 is 5.11 Å². The summed E-state index contributed by atoms with van der Waals surface area (Å²) >= 11 is 0. The maximum atomic E-state index is 11.9. The molecule has 0 radical (unpaired) electrons. The smallest absolute Gasteiger partial charge is 0.322 e. The van der Waals surface area contributed by atoms with Gasteiger partial charge in [0.25, 0.3) is 5.91 Å². The van der Waals surface area contributed by atoms with Gasteiger partial charge in [0.1, 0.15) is 6.04 Å². The Bertz CT molecular complexity index is 599. The summed E-state index contributed by atoms with van der Waals surface area (Å²) < 4.78 is 0. The van der Waals surface area contributed by atoms with Gasteiger partial charge in [-0.25, -0.2) is 5.43 Å². The largest absolute Gasteiger partial charge is 0.480 e. The van der Waals surface area contributed by atoms with Crippen LogP contribution in [0.1, 0.15) is 15.9 Å². The number of hydrazine groups is 1. The zero-order valence-electron chi connectivity index (χ0n) is 11.3. The van der Waals surface area contributed by atoms with Crippen LogP contribution in [0.5, 0.6) is 0 Å². The number of benzene rings is 2. The van der Waals surface area contributed by atoms with Crippen molar-refractivity contribution >= 4 is 11.9 Å². The molecule has 0 bridgehead atoms. The van der Waals surface area contributed by atoms with Crippen molar-refractivity contribution in [1.29, 1.82) is 0 Å². The highest BCUT2D eigenvalue weighted by molar-refractivity contribution is 5.94. The van der Waals surface area contributed by atoms with Gasteiger partial charge in [-0.3, -0.25) is 15.0 Å². The number of hydrogen-bond acceptors (Lipinski definition) is 3. The first-order chi connectivity index (χ1) is 10.2. The summed E-state index contributed by atoms with van der Waals surface area (Å²) in [4.78, 5) is 23.1. The van der Waals surface area contributed by atoms with Crippen LogP contribution in [0.25, 0.3) is 0 Å². The van der Waals surface area contributed by atoms with E-state index in [4.69, 9.17) is 0 Å². The van der Waals surface area contributed by atoms with Gasteiger partial charge in [0.05, 0.1) is 0 Å². The molecule has 1 atom stereocenters. The Balaban J connectivity index is 1.95. The zero-order valence-corrected chi connectivity index (χ0v) is 11.3. The van der Waals surface area contributed by atoms with Crippen molar-refractivity contribution in [3.63, 3.8) is 0 Å². The van der Waals surface area contributed by atoms with Crippen LogP contribution < -0.4 is 10.9 Å². The summed E-state index contributed by atoms with van der Waals surface area (Å²) in [6.45, 7) is 0. The van der Waals surface area contributed by atoms with E-state index in [-0.39, 0.29) is 12.3 Å². The van der Waals surface area contributed by atoms with Gasteiger partial charge >= 0.3 is 5.97 Å². The van der Waals surface area contributed by atoms with Gasteiger partial charge in [0.15, 0.2) is 0 Å². The standard InChI is InChI=1S/C16H16N2O3/c19-15(13-9-5-2-6-10-13)18-17-14(16(20)21)11-12-7-3-1-4-8-12/h1-10,14,17H,11H2,(H,18,19)(H,20,21). The molecule has 2 aromatic rings. The minimum atomic E-state index is -1.02. The van der Waals surface area contributed by atoms with Crippen molar-refractivity contribution in [1.82, 2.24) is 10.9 Å². The normalized spacial score (nSPS) is 11.6. The van der Waals surface area contributed by atoms with Gasteiger partial charge in [-0.2, -0.15) is 0 Å². The minimum absolute atomic E-state index is 0.283. The third kappa shape index (κ3) is 4.43. The number of carboxylic acids is 1. The second-order valence-corrected chi connectivity index (χ2v) is 4.55. The summed E-state index contributed by atoms with van der Waals surface area (Å²) in [5.41, 5.74) is 6.35. The lowest BCUT2D eigenvalue weighted by Gasteiger charge is -2.15. The summed E-state index contributed by atoms with van der Waals surface area (Å²) in [5.74, 6) is -1.39. The highest BCUT2D eigenvalue weighted by Gasteiger charge is 2.18. The Morgan fingerprint density at radius 2 is 1.52 bits per heavy atom. The fourth-order valence-corrected chi connectivity index (χ4v) is 1.86. The number of aliphatic carboxylic acids is 1. The lowest BCUT2D eigenvalue weighted by Crippen LogP contribution is -2.49. The minimum Gasteiger partial charge on any atom is -0.480 e. The lowest BCUT2D eigenvalue weighted by atomic mass is 10.1. The van der Waals surface area contributed by atoms with Gasteiger partial charge in [0, 0.05) is 12.0 Å². The number of nitrogens with one attached hydrogen (secondary N) is 2. The molecular formula is C16H16N2O3. The molecule has 0 spiro atoms. The predicted octanol–water partition coefficient (Wildman–Crippen LogP) is 1.62. The van der Waals surface area contributed by atoms with Gasteiger partial charge in [-0.1, -0.05) is 48.5 Å². The first-order valence-electron chi connectivity index (χ1n) is 6.54. The monoisotopic (exact) mass is 284 g/mol. The van der Waals surface area contributed by atoms with Crippen LogP contribution in [-0.4, -0.2) is 23.0 Å². The van der Waals surface area contributed by atoms with Crippen molar-refractivity contribution in [3.05, 3.63) is 71.8 Å². The van der Waals surface area contributed by atoms with E-state index in [1.807, 2.05) is 30.3 Å². The highest BCUT2D eigenvalue weighted by Crippen LogP contribution is 2.03. The van der Waals surface area contributed by atoms with Crippen LogP contribution in [0, 0.1) is 0 Å². The molecule has 1 unspecified atom stereocenters. The van der Waals surface area contributed by atoms with Crippen LogP contribution in [0.3, 0.4) is 0 Å². The van der Waals surface area contributed by atoms with Crippen molar-refractivity contribution in [2.75, 3.05) is 0 Å². The molecule has 0 heterocycles. The van der Waals surface area contributed by atoms with Crippen molar-refractivity contribution in [2.24, 2.45) is 0 Å². The molecule has 0 aliphatic rings. The van der Waals surface area contributed by atoms with Crippen molar-refractivity contribution < 1.29 is 14.7 Å². The van der Waals surface area contributed by atoms with E-state index < -0.39 is 12.0 Å². The fraction of sp³-hybridized carbons (Fsp3) is 0.125. The first kappa shape index (κ1) is 14.7. The van der Waals surface area contributed by atoms with Gasteiger partial charge in [-0.05, 0) is 17.7 Å². The van der Waals surface area contributed by atoms with E-state index in [1.54, 1.807) is 30.3 Å². The Labute approximate surface area is 122 Å². The third-order valence-electron chi connectivity index (χ3n) is 2.98. The second kappa shape index (κ2) is 7.21. The lowest BCUT2D eigenvalue weighted by molar-refractivity contribution is -0.139. The van der Waals surface area contributed by atoms with Crippen LogP contribution in [0.15, 0.2) is 60.7 Å². The molecule has 0 saturated heterocycles. The maximum Gasteiger partial charge on any atom is 0.322 e. The summed E-state index contributed by atoms with van der Waals surface area (Å²) in [5, 5.41) is 9.20. The Kier molecular flexibility index (Phi) is 5.06. The van der Waals surface area contributed by atoms with E-state index in [9.17, 15) is 14.7 Å². The molecule has 2 rings (SSSR count). The zero-order chi connectivity index (χ0) is 15.1. The molecular weight excluding hydrogens is 268 g/mol. The van der Waals surface area contributed by atoms with E-state index in [2.05, 4.69) is 10.9 Å². The Morgan fingerprint density at radius 1 is 0.952 bits per heavy atom. The number of rotatable bonds is 6. The van der Waals surface area contributed by atoms with Crippen LogP contribution in [-0.2, 0) is 11.2 Å². The molecule has 5 heteroatoms. The number of carbonyl (C=O) groups excluding carboxylic acids is 1. The number of carboxylic acid groups (broad SMARTS) is 1. The van der Waals surface area contributed by atoms with Gasteiger partial charge in [0.2, 0.25) is 0 Å². The molecule has 0 aliphatic heterocycles. The molecule has 0 aliphatic carbocycles. The SMILES string of the molecule is O=C(NNC(Cc1ccccc1)C(=O)O)c1ccccc1. The highest BCUT2D eigenvalue weighted by atomic mass is 16.4. The van der Waals surface area contributed by atoms with E-state index >= 15 is 0 Å². The molecule has 5 nitrogen and oxygen atoms in total. The first-order valence-corrected chi connectivity index (χ1v) is 6.54. The Morgan fingerprint density at radius 3 is 2.10 bits per heavy atom. The summed E-state index contributed by atoms with van der Waals surface area (Å²) in [6, 6.07) is 17.0. The molecule has 0 aromatic heterocycles. The van der Waals surface area contributed by atoms with E-state index in [0.29, 0.717) is 5.56 Å². The maximum absolute atomic E-state index is 11.9. The average Bonchev–Trinajstić information content (AvgIpc) is 2.52. The third-order valence-corrected chi connectivity index (χ3v) is 2.98. The fourth-order valence-electron chi connectivity index (χ4n) is 1.86. The molecule has 0 fully saturated rings. The molecule has 1 amide bonds. The Hall–Kier alpha value is -2.66. The van der Waals surface area contributed by atoms with E-state index in [1.165, 1.54) is 0 Å². The number of carbonyl (C=O) groups is 2. The molecule has 3 N–H and O–H groups in total. The molecule has 0 saturated carbocycles. The second-order valence-electron chi connectivity index (χ2n) is 4.55. The summed E-state index contributed by atoms with van der Waals surface area (Å²) in [6.07, 6.45) is 0.283. The van der Waals surface area contributed by atoms with Crippen LogP contribution in [0.2, 0.25) is 0 Å². The molecule has 2 aromatic carbocycles. The van der Waals surface area contributed by atoms with Crippen LogP contribution in [0.4, 0.5) is 0 Å². The molecule has 108 valence electrons. The van der Waals surface area contributed by atoms with Crippen LogP contribution >= 0.6 is 0 Å².